The van der Waals surface area contributed by atoms with Gasteiger partial charge in [-0.15, -0.1) is 0 Å². The second-order valence-electron chi connectivity index (χ2n) is 5.74. The van der Waals surface area contributed by atoms with Crippen molar-refractivity contribution in [1.82, 2.24) is 5.32 Å². The van der Waals surface area contributed by atoms with Crippen LogP contribution in [0.25, 0.3) is 0 Å². The quantitative estimate of drug-likeness (QED) is 0.635. The Bertz CT molecular complexity index is 637. The molecule has 2 aromatic carbocycles. The fraction of sp³-hybridized carbons (Fsp3) is 0.316. The predicted octanol–water partition coefficient (Wildman–Crippen LogP) is 3.06. The van der Waals surface area contributed by atoms with Crippen LogP contribution in [0.5, 0.6) is 0 Å². The summed E-state index contributed by atoms with van der Waals surface area (Å²) in [6, 6.07) is 16.3. The van der Waals surface area contributed by atoms with Gasteiger partial charge in [-0.1, -0.05) is 30.3 Å². The third-order valence-electron chi connectivity index (χ3n) is 4.08. The molecule has 0 saturated carbocycles. The number of carbonyl (C=O) groups is 1. The van der Waals surface area contributed by atoms with E-state index in [0.29, 0.717) is 6.54 Å². The molecule has 1 aliphatic rings. The van der Waals surface area contributed by atoms with Crippen LogP contribution in [0.1, 0.15) is 27.9 Å². The summed E-state index contributed by atoms with van der Waals surface area (Å²) < 4.78 is 0. The van der Waals surface area contributed by atoms with Gasteiger partial charge in [-0.25, -0.2) is 0 Å². The van der Waals surface area contributed by atoms with E-state index < -0.39 is 0 Å². The zero-order valence-corrected chi connectivity index (χ0v) is 12.8. The molecule has 0 saturated heterocycles. The lowest BCUT2D eigenvalue weighted by Crippen LogP contribution is -2.25. The fourth-order valence-electron chi connectivity index (χ4n) is 2.83. The smallest absolute Gasteiger partial charge is 0.176 e. The molecule has 3 rings (SSSR count). The van der Waals surface area contributed by atoms with Crippen LogP contribution in [-0.2, 0) is 12.8 Å². The third kappa shape index (κ3) is 3.74. The van der Waals surface area contributed by atoms with E-state index in [1.54, 1.807) is 0 Å². The Kier molecular flexibility index (Phi) is 4.86. The number of ketones is 1. The molecule has 0 fully saturated rings. The third-order valence-corrected chi connectivity index (χ3v) is 4.08. The number of fused-ring (bicyclic) bond motifs is 1. The van der Waals surface area contributed by atoms with Crippen molar-refractivity contribution in [2.24, 2.45) is 0 Å². The lowest BCUT2D eigenvalue weighted by Gasteiger charge is -2.18. The SMILES string of the molecule is O=C(CNCCc1ccccc1)c1ccc2c(c1)CCCN2. The molecule has 0 amide bonds. The number of anilines is 1. The summed E-state index contributed by atoms with van der Waals surface area (Å²) >= 11 is 0. The van der Waals surface area contributed by atoms with Crippen LogP contribution >= 0.6 is 0 Å². The second kappa shape index (κ2) is 7.23. The molecular formula is C19H22N2O. The second-order valence-corrected chi connectivity index (χ2v) is 5.74. The first-order chi connectivity index (χ1) is 10.8. The highest BCUT2D eigenvalue weighted by Gasteiger charge is 2.12. The van der Waals surface area contributed by atoms with E-state index in [4.69, 9.17) is 0 Å². The summed E-state index contributed by atoms with van der Waals surface area (Å²) in [6.45, 7) is 2.25. The Balaban J connectivity index is 1.49. The minimum Gasteiger partial charge on any atom is -0.385 e. The molecule has 22 heavy (non-hydrogen) atoms. The first-order valence-corrected chi connectivity index (χ1v) is 7.97. The first-order valence-electron chi connectivity index (χ1n) is 7.97. The van der Waals surface area contributed by atoms with E-state index in [9.17, 15) is 4.79 Å². The van der Waals surface area contributed by atoms with Gasteiger partial charge in [0.2, 0.25) is 0 Å². The molecular weight excluding hydrogens is 272 g/mol. The molecule has 0 spiro atoms. The zero-order chi connectivity index (χ0) is 15.2. The van der Waals surface area contributed by atoms with Gasteiger partial charge >= 0.3 is 0 Å². The average Bonchev–Trinajstić information content (AvgIpc) is 2.59. The van der Waals surface area contributed by atoms with Crippen molar-refractivity contribution in [1.29, 1.82) is 0 Å². The maximum atomic E-state index is 12.3. The fourth-order valence-corrected chi connectivity index (χ4v) is 2.83. The van der Waals surface area contributed by atoms with Gasteiger partial charge in [0, 0.05) is 17.8 Å². The normalized spacial score (nSPS) is 13.3. The van der Waals surface area contributed by atoms with E-state index in [-0.39, 0.29) is 5.78 Å². The number of hydrogen-bond acceptors (Lipinski definition) is 3. The highest BCUT2D eigenvalue weighted by atomic mass is 16.1. The van der Waals surface area contributed by atoms with Crippen LogP contribution in [-0.4, -0.2) is 25.4 Å². The van der Waals surface area contributed by atoms with Gasteiger partial charge < -0.3 is 10.6 Å². The monoisotopic (exact) mass is 294 g/mol. The van der Waals surface area contributed by atoms with Gasteiger partial charge in [0.15, 0.2) is 5.78 Å². The summed E-state index contributed by atoms with van der Waals surface area (Å²) in [5, 5.41) is 6.62. The molecule has 1 aliphatic heterocycles. The molecule has 0 atom stereocenters. The summed E-state index contributed by atoms with van der Waals surface area (Å²) in [7, 11) is 0. The molecule has 114 valence electrons. The van der Waals surface area contributed by atoms with Crippen molar-refractivity contribution in [3.05, 3.63) is 65.2 Å². The zero-order valence-electron chi connectivity index (χ0n) is 12.8. The van der Waals surface area contributed by atoms with Crippen LogP contribution in [0, 0.1) is 0 Å². The Morgan fingerprint density at radius 2 is 2.00 bits per heavy atom. The van der Waals surface area contributed by atoms with Crippen LogP contribution < -0.4 is 10.6 Å². The van der Waals surface area contributed by atoms with E-state index >= 15 is 0 Å². The number of Topliss-reactive ketones (excluding diaryl/α,β-unsaturated/α-hetero) is 1. The molecule has 0 unspecified atom stereocenters. The maximum Gasteiger partial charge on any atom is 0.176 e. The molecule has 2 aromatic rings. The topological polar surface area (TPSA) is 41.1 Å². The van der Waals surface area contributed by atoms with Crippen LogP contribution in [0.3, 0.4) is 0 Å². The summed E-state index contributed by atoms with van der Waals surface area (Å²) in [6.07, 6.45) is 3.15. The number of aryl methyl sites for hydroxylation is 1. The number of rotatable bonds is 6. The maximum absolute atomic E-state index is 12.3. The lowest BCUT2D eigenvalue weighted by atomic mass is 9.99. The Morgan fingerprint density at radius 3 is 2.86 bits per heavy atom. The largest absolute Gasteiger partial charge is 0.385 e. The van der Waals surface area contributed by atoms with E-state index in [0.717, 1.165) is 37.9 Å². The predicted molar refractivity (Wildman–Crippen MR) is 90.6 cm³/mol. The van der Waals surface area contributed by atoms with Crippen LogP contribution in [0.2, 0.25) is 0 Å². The van der Waals surface area contributed by atoms with Crippen LogP contribution in [0.4, 0.5) is 5.69 Å². The van der Waals surface area contributed by atoms with Gasteiger partial charge in [-0.2, -0.15) is 0 Å². The van der Waals surface area contributed by atoms with E-state index in [1.165, 1.54) is 16.8 Å². The summed E-state index contributed by atoms with van der Waals surface area (Å²) in [5.41, 5.74) is 4.55. The Morgan fingerprint density at radius 1 is 1.14 bits per heavy atom. The molecule has 0 aliphatic carbocycles. The molecule has 0 bridgehead atoms. The summed E-state index contributed by atoms with van der Waals surface area (Å²) in [5.74, 6) is 0.168. The highest BCUT2D eigenvalue weighted by molar-refractivity contribution is 5.98. The first kappa shape index (κ1) is 14.8. The van der Waals surface area contributed by atoms with Crippen molar-refractivity contribution in [3.63, 3.8) is 0 Å². The van der Waals surface area contributed by atoms with E-state index in [1.807, 2.05) is 36.4 Å². The Hall–Kier alpha value is -2.13. The number of hydrogen-bond donors (Lipinski definition) is 2. The van der Waals surface area contributed by atoms with Crippen molar-refractivity contribution in [2.45, 2.75) is 19.3 Å². The molecule has 3 heteroatoms. The Labute approximate surface area is 131 Å². The van der Waals surface area contributed by atoms with Gasteiger partial charge in [0.1, 0.15) is 0 Å². The van der Waals surface area contributed by atoms with Crippen molar-refractivity contribution in [3.8, 4) is 0 Å². The van der Waals surface area contributed by atoms with Gasteiger partial charge in [-0.3, -0.25) is 4.79 Å². The molecule has 3 nitrogen and oxygen atoms in total. The highest BCUT2D eigenvalue weighted by Crippen LogP contribution is 2.22. The van der Waals surface area contributed by atoms with Crippen LogP contribution in [0.15, 0.2) is 48.5 Å². The van der Waals surface area contributed by atoms with Gasteiger partial charge in [0.25, 0.3) is 0 Å². The number of carbonyl (C=O) groups excluding carboxylic acids is 1. The lowest BCUT2D eigenvalue weighted by molar-refractivity contribution is 0.0991. The number of nitrogens with one attached hydrogen (secondary N) is 2. The molecule has 1 heterocycles. The molecule has 2 N–H and O–H groups in total. The molecule has 0 aromatic heterocycles. The van der Waals surface area contributed by atoms with Gasteiger partial charge in [0.05, 0.1) is 6.54 Å². The van der Waals surface area contributed by atoms with Crippen molar-refractivity contribution in [2.75, 3.05) is 25.0 Å². The summed E-state index contributed by atoms with van der Waals surface area (Å²) in [4.78, 5) is 12.3. The minimum atomic E-state index is 0.168. The van der Waals surface area contributed by atoms with E-state index in [2.05, 4.69) is 22.8 Å². The number of benzene rings is 2. The van der Waals surface area contributed by atoms with Crippen molar-refractivity contribution >= 4 is 11.5 Å². The van der Waals surface area contributed by atoms with Crippen molar-refractivity contribution < 1.29 is 4.79 Å². The average molecular weight is 294 g/mol. The molecule has 0 radical (unpaired) electrons. The van der Waals surface area contributed by atoms with Gasteiger partial charge in [-0.05, 0) is 55.1 Å². The minimum absolute atomic E-state index is 0.168. The standard InChI is InChI=1S/C19H22N2O/c22-19(14-20-12-10-15-5-2-1-3-6-15)17-8-9-18-16(13-17)7-4-11-21-18/h1-3,5-6,8-9,13,20-21H,4,7,10-12,14H2.